The largest absolute Gasteiger partial charge is 0.352 e. The Labute approximate surface area is 112 Å². The smallest absolute Gasteiger partial charge is 0.251 e. The molecule has 1 N–H and O–H groups in total. The van der Waals surface area contributed by atoms with E-state index in [1.54, 1.807) is 12.1 Å². The van der Waals surface area contributed by atoms with Crippen LogP contribution in [0.15, 0.2) is 24.3 Å². The number of hydrogen-bond acceptors (Lipinski definition) is 1. The molecule has 0 aromatic heterocycles. The molecule has 19 heavy (non-hydrogen) atoms. The van der Waals surface area contributed by atoms with E-state index in [1.165, 1.54) is 31.4 Å². The third-order valence-electron chi connectivity index (χ3n) is 5.46. The first kappa shape index (κ1) is 11.4. The number of fused-ring (bicyclic) bond motifs is 5. The molecule has 1 aromatic rings. The molecule has 3 aliphatic carbocycles. The van der Waals surface area contributed by atoms with Crippen LogP contribution < -0.4 is 5.32 Å². The van der Waals surface area contributed by atoms with Gasteiger partial charge in [0, 0.05) is 12.1 Å². The maximum atomic E-state index is 12.8. The Morgan fingerprint density at radius 1 is 1.11 bits per heavy atom. The molecule has 3 saturated carbocycles. The predicted molar refractivity (Wildman–Crippen MR) is 70.0 cm³/mol. The summed E-state index contributed by atoms with van der Waals surface area (Å²) in [4.78, 5) is 12.0. The Morgan fingerprint density at radius 2 is 1.89 bits per heavy atom. The van der Waals surface area contributed by atoms with Crippen molar-refractivity contribution in [1.82, 2.24) is 5.32 Å². The fourth-order valence-electron chi connectivity index (χ4n) is 4.51. The summed E-state index contributed by atoms with van der Waals surface area (Å²) in [5, 5.41) is 3.02. The van der Waals surface area contributed by atoms with Gasteiger partial charge in [0.05, 0.1) is 0 Å². The number of hydrogen-bond donors (Lipinski definition) is 1. The maximum absolute atomic E-state index is 12.8. The van der Waals surface area contributed by atoms with Crippen molar-refractivity contribution in [3.05, 3.63) is 35.6 Å². The fourth-order valence-corrected chi connectivity index (χ4v) is 4.51. The highest BCUT2D eigenvalue weighted by atomic mass is 19.1. The fraction of sp³-hybridized carbons (Fsp3) is 0.562. The number of carbonyl (C=O) groups excluding carboxylic acids is 1. The van der Waals surface area contributed by atoms with Crippen LogP contribution in [0.1, 0.15) is 29.6 Å². The molecule has 0 saturated heterocycles. The predicted octanol–water partition coefficient (Wildman–Crippen LogP) is 2.85. The molecule has 0 aliphatic heterocycles. The molecule has 0 spiro atoms. The van der Waals surface area contributed by atoms with Gasteiger partial charge in [-0.25, -0.2) is 4.39 Å². The first-order chi connectivity index (χ1) is 9.22. The molecule has 3 aliphatic rings. The molecule has 0 heterocycles. The van der Waals surface area contributed by atoms with Gasteiger partial charge >= 0.3 is 0 Å². The zero-order valence-electron chi connectivity index (χ0n) is 10.8. The molecule has 3 fully saturated rings. The first-order valence-electron chi connectivity index (χ1n) is 7.26. The number of benzene rings is 1. The van der Waals surface area contributed by atoms with Gasteiger partial charge in [0.1, 0.15) is 5.82 Å². The second kappa shape index (κ2) is 4.06. The molecule has 100 valence electrons. The Bertz CT molecular complexity index is 512. The van der Waals surface area contributed by atoms with Gasteiger partial charge in [0.2, 0.25) is 0 Å². The summed E-state index contributed by atoms with van der Waals surface area (Å²) in [6.45, 7) is 0.792. The second-order valence-electron chi connectivity index (χ2n) is 6.44. The van der Waals surface area contributed by atoms with E-state index in [4.69, 9.17) is 0 Å². The summed E-state index contributed by atoms with van der Waals surface area (Å²) in [5.74, 6) is 4.13. The van der Waals surface area contributed by atoms with E-state index in [9.17, 15) is 9.18 Å². The van der Waals surface area contributed by atoms with E-state index < -0.39 is 0 Å². The minimum atomic E-state index is -0.301. The SMILES string of the molecule is O=C(NC[C@H]1C[C@@H]2C[C@@H]1[C@H]1C[C@H]21)c1ccc(F)cc1. The normalized spacial score (nSPS) is 38.1. The van der Waals surface area contributed by atoms with Gasteiger partial charge in [-0.3, -0.25) is 4.79 Å². The average molecular weight is 259 g/mol. The van der Waals surface area contributed by atoms with Crippen LogP contribution in [0.2, 0.25) is 0 Å². The lowest BCUT2D eigenvalue weighted by Crippen LogP contribution is -2.32. The molecule has 1 amide bonds. The van der Waals surface area contributed by atoms with Crippen LogP contribution in [0.25, 0.3) is 0 Å². The van der Waals surface area contributed by atoms with Crippen LogP contribution in [-0.2, 0) is 0 Å². The zero-order chi connectivity index (χ0) is 13.0. The number of amides is 1. The number of carbonyl (C=O) groups is 1. The summed E-state index contributed by atoms with van der Waals surface area (Å²) < 4.78 is 12.8. The minimum Gasteiger partial charge on any atom is -0.352 e. The van der Waals surface area contributed by atoms with E-state index >= 15 is 0 Å². The van der Waals surface area contributed by atoms with Crippen molar-refractivity contribution >= 4 is 5.91 Å². The van der Waals surface area contributed by atoms with Crippen LogP contribution >= 0.6 is 0 Å². The van der Waals surface area contributed by atoms with Crippen LogP contribution in [0.5, 0.6) is 0 Å². The van der Waals surface area contributed by atoms with Crippen LogP contribution in [0.3, 0.4) is 0 Å². The minimum absolute atomic E-state index is 0.0740. The summed E-state index contributed by atoms with van der Waals surface area (Å²) in [5.41, 5.74) is 0.550. The molecular weight excluding hydrogens is 241 g/mol. The molecule has 3 heteroatoms. The summed E-state index contributed by atoms with van der Waals surface area (Å²) >= 11 is 0. The molecule has 1 aromatic carbocycles. The van der Waals surface area contributed by atoms with Crippen LogP contribution in [0, 0.1) is 35.4 Å². The van der Waals surface area contributed by atoms with Crippen molar-refractivity contribution in [2.75, 3.05) is 6.54 Å². The number of nitrogens with one attached hydrogen (secondary N) is 1. The number of halogens is 1. The molecule has 0 radical (unpaired) electrons. The Hall–Kier alpha value is -1.38. The van der Waals surface area contributed by atoms with E-state index in [1.807, 2.05) is 0 Å². The van der Waals surface area contributed by atoms with Crippen molar-refractivity contribution in [3.63, 3.8) is 0 Å². The lowest BCUT2D eigenvalue weighted by molar-refractivity contribution is 0.0941. The third-order valence-corrected chi connectivity index (χ3v) is 5.46. The van der Waals surface area contributed by atoms with Crippen molar-refractivity contribution < 1.29 is 9.18 Å². The van der Waals surface area contributed by atoms with E-state index in [0.717, 1.165) is 30.2 Å². The van der Waals surface area contributed by atoms with Crippen molar-refractivity contribution in [1.29, 1.82) is 0 Å². The molecule has 5 atom stereocenters. The molecular formula is C16H18FNO. The Kier molecular flexibility index (Phi) is 2.44. The molecule has 2 bridgehead atoms. The van der Waals surface area contributed by atoms with Gasteiger partial charge in [0.25, 0.3) is 5.91 Å². The van der Waals surface area contributed by atoms with Crippen LogP contribution in [0.4, 0.5) is 4.39 Å². The molecule has 4 rings (SSSR count). The van der Waals surface area contributed by atoms with Crippen molar-refractivity contribution in [2.45, 2.75) is 19.3 Å². The highest BCUT2D eigenvalue weighted by Crippen LogP contribution is 2.67. The molecule has 2 nitrogen and oxygen atoms in total. The third kappa shape index (κ3) is 1.87. The van der Waals surface area contributed by atoms with Gasteiger partial charge in [-0.05, 0) is 73.1 Å². The van der Waals surface area contributed by atoms with E-state index in [0.29, 0.717) is 11.5 Å². The van der Waals surface area contributed by atoms with Gasteiger partial charge in [-0.1, -0.05) is 0 Å². The quantitative estimate of drug-likeness (QED) is 0.888. The lowest BCUT2D eigenvalue weighted by atomic mass is 9.88. The van der Waals surface area contributed by atoms with Gasteiger partial charge in [-0.2, -0.15) is 0 Å². The summed E-state index contributed by atoms with van der Waals surface area (Å²) in [6, 6.07) is 5.76. The average Bonchev–Trinajstić information content (AvgIpc) is 3.03. The topological polar surface area (TPSA) is 29.1 Å². The van der Waals surface area contributed by atoms with Gasteiger partial charge < -0.3 is 5.32 Å². The maximum Gasteiger partial charge on any atom is 0.251 e. The van der Waals surface area contributed by atoms with Crippen LogP contribution in [-0.4, -0.2) is 12.5 Å². The second-order valence-corrected chi connectivity index (χ2v) is 6.44. The van der Waals surface area contributed by atoms with Crippen molar-refractivity contribution in [3.8, 4) is 0 Å². The monoisotopic (exact) mass is 259 g/mol. The summed E-state index contributed by atoms with van der Waals surface area (Å²) in [6.07, 6.45) is 4.14. The zero-order valence-corrected chi connectivity index (χ0v) is 10.8. The Balaban J connectivity index is 1.35. The summed E-state index contributed by atoms with van der Waals surface area (Å²) in [7, 11) is 0. The van der Waals surface area contributed by atoms with Crippen molar-refractivity contribution in [2.24, 2.45) is 29.6 Å². The lowest BCUT2D eigenvalue weighted by Gasteiger charge is -2.21. The van der Waals surface area contributed by atoms with E-state index in [2.05, 4.69) is 5.32 Å². The van der Waals surface area contributed by atoms with E-state index in [-0.39, 0.29) is 11.7 Å². The first-order valence-corrected chi connectivity index (χ1v) is 7.26. The standard InChI is InChI=1S/C16H18FNO/c17-12-3-1-9(2-4-12)16(19)18-8-11-5-10-6-13(11)15-7-14(10)15/h1-4,10-11,13-15H,5-8H2,(H,18,19)/t10-,11-,13+,14-,15-/m1/s1. The Morgan fingerprint density at radius 3 is 2.58 bits per heavy atom. The highest BCUT2D eigenvalue weighted by molar-refractivity contribution is 5.94. The van der Waals surface area contributed by atoms with Gasteiger partial charge in [-0.15, -0.1) is 0 Å². The molecule has 0 unspecified atom stereocenters. The number of rotatable bonds is 3. The van der Waals surface area contributed by atoms with Gasteiger partial charge in [0.15, 0.2) is 0 Å². The highest BCUT2D eigenvalue weighted by Gasteiger charge is 2.60.